The molecule has 6 nitrogen and oxygen atoms in total. The average Bonchev–Trinajstić information content (AvgIpc) is 2.77. The summed E-state index contributed by atoms with van der Waals surface area (Å²) in [6, 6.07) is 12.8. The van der Waals surface area contributed by atoms with E-state index in [9.17, 15) is 13.2 Å². The van der Waals surface area contributed by atoms with Crippen LogP contribution in [0.25, 0.3) is 0 Å². The number of nitrogens with zero attached hydrogens (tertiary/aromatic N) is 2. The molecule has 1 N–H and O–H groups in total. The standard InChI is InChI=1S/C25H35N3O3S/c1-20-8-13-24(18-21(20)2)28(32(3,30)31)19-22-9-11-23(12-10-22)25(29)26-14-7-17-27-15-5-4-6-16-27/h8-13,18H,4-7,14-17,19H2,1-3H3,(H,26,29). The quantitative estimate of drug-likeness (QED) is 0.580. The molecule has 7 heteroatoms. The molecule has 1 aliphatic heterocycles. The van der Waals surface area contributed by atoms with Crippen LogP contribution in [0.1, 0.15) is 52.7 Å². The van der Waals surface area contributed by atoms with Gasteiger partial charge >= 0.3 is 0 Å². The summed E-state index contributed by atoms with van der Waals surface area (Å²) in [4.78, 5) is 14.9. The average molecular weight is 458 g/mol. The zero-order chi connectivity index (χ0) is 23.1. The molecule has 174 valence electrons. The van der Waals surface area contributed by atoms with Crippen molar-refractivity contribution in [2.45, 2.75) is 46.1 Å². The molecular weight excluding hydrogens is 422 g/mol. The molecule has 0 saturated carbocycles. The first-order valence-corrected chi connectivity index (χ1v) is 13.2. The van der Waals surface area contributed by atoms with Gasteiger partial charge in [0.25, 0.3) is 5.91 Å². The molecule has 2 aromatic carbocycles. The zero-order valence-electron chi connectivity index (χ0n) is 19.4. The fourth-order valence-electron chi connectivity index (χ4n) is 4.00. The molecule has 0 unspecified atom stereocenters. The monoisotopic (exact) mass is 457 g/mol. The molecule has 32 heavy (non-hydrogen) atoms. The number of anilines is 1. The second-order valence-corrected chi connectivity index (χ2v) is 10.7. The summed E-state index contributed by atoms with van der Waals surface area (Å²) in [5, 5.41) is 2.99. The molecule has 0 bridgehead atoms. The van der Waals surface area contributed by atoms with E-state index in [2.05, 4.69) is 10.2 Å². The Hall–Kier alpha value is -2.38. The second kappa shape index (κ2) is 11.0. The summed E-state index contributed by atoms with van der Waals surface area (Å²) in [7, 11) is -3.45. The van der Waals surface area contributed by atoms with Crippen molar-refractivity contribution in [3.05, 3.63) is 64.7 Å². The van der Waals surface area contributed by atoms with Gasteiger partial charge in [0, 0.05) is 12.1 Å². The first-order valence-electron chi connectivity index (χ1n) is 11.4. The zero-order valence-corrected chi connectivity index (χ0v) is 20.2. The van der Waals surface area contributed by atoms with E-state index in [1.54, 1.807) is 12.1 Å². The van der Waals surface area contributed by atoms with Crippen LogP contribution in [-0.2, 0) is 16.6 Å². The fraction of sp³-hybridized carbons (Fsp3) is 0.480. The maximum absolute atomic E-state index is 12.4. The third-order valence-corrected chi connectivity index (χ3v) is 7.25. The van der Waals surface area contributed by atoms with Gasteiger partial charge in [-0.05, 0) is 93.7 Å². The van der Waals surface area contributed by atoms with Gasteiger partial charge in [0.2, 0.25) is 10.0 Å². The van der Waals surface area contributed by atoms with Crippen molar-refractivity contribution >= 4 is 21.6 Å². The number of rotatable bonds is 9. The largest absolute Gasteiger partial charge is 0.352 e. The lowest BCUT2D eigenvalue weighted by molar-refractivity contribution is 0.0951. The van der Waals surface area contributed by atoms with E-state index in [4.69, 9.17) is 0 Å². The van der Waals surface area contributed by atoms with Crippen LogP contribution in [0.5, 0.6) is 0 Å². The summed E-state index contributed by atoms with van der Waals surface area (Å²) >= 11 is 0. The Kier molecular flexibility index (Phi) is 8.32. The van der Waals surface area contributed by atoms with Crippen LogP contribution in [0.3, 0.4) is 0 Å². The van der Waals surface area contributed by atoms with Gasteiger partial charge in [-0.15, -0.1) is 0 Å². The normalized spacial score (nSPS) is 14.8. The molecule has 1 heterocycles. The molecule has 0 spiro atoms. The maximum atomic E-state index is 12.4. The van der Waals surface area contributed by atoms with Crippen molar-refractivity contribution < 1.29 is 13.2 Å². The number of nitrogens with one attached hydrogen (secondary N) is 1. The lowest BCUT2D eigenvalue weighted by Gasteiger charge is -2.26. The van der Waals surface area contributed by atoms with Crippen molar-refractivity contribution in [2.75, 3.05) is 36.7 Å². The molecule has 2 aromatic rings. The number of piperidine rings is 1. The number of likely N-dealkylation sites (tertiary alicyclic amines) is 1. The highest BCUT2D eigenvalue weighted by Gasteiger charge is 2.19. The molecule has 1 amide bonds. The number of sulfonamides is 1. The maximum Gasteiger partial charge on any atom is 0.251 e. The van der Waals surface area contributed by atoms with Gasteiger partial charge in [-0.25, -0.2) is 8.42 Å². The molecule has 1 saturated heterocycles. The first kappa shape index (κ1) is 24.3. The van der Waals surface area contributed by atoms with Gasteiger partial charge in [-0.3, -0.25) is 9.10 Å². The summed E-state index contributed by atoms with van der Waals surface area (Å²) in [6.07, 6.45) is 6.05. The Morgan fingerprint density at radius 2 is 1.69 bits per heavy atom. The van der Waals surface area contributed by atoms with Gasteiger partial charge in [-0.2, -0.15) is 0 Å². The van der Waals surface area contributed by atoms with Crippen molar-refractivity contribution in [2.24, 2.45) is 0 Å². The topological polar surface area (TPSA) is 69.7 Å². The highest BCUT2D eigenvalue weighted by molar-refractivity contribution is 7.92. The summed E-state index contributed by atoms with van der Waals surface area (Å²) in [6.45, 7) is 8.22. The summed E-state index contributed by atoms with van der Waals surface area (Å²) in [5.41, 5.74) is 4.22. The van der Waals surface area contributed by atoms with Crippen LogP contribution in [0, 0.1) is 13.8 Å². The van der Waals surface area contributed by atoms with Crippen molar-refractivity contribution in [3.8, 4) is 0 Å². The van der Waals surface area contributed by atoms with Crippen molar-refractivity contribution in [1.29, 1.82) is 0 Å². The predicted molar refractivity (Wildman–Crippen MR) is 131 cm³/mol. The van der Waals surface area contributed by atoms with E-state index < -0.39 is 10.0 Å². The molecule has 0 radical (unpaired) electrons. The lowest BCUT2D eigenvalue weighted by Crippen LogP contribution is -2.33. The molecular formula is C25H35N3O3S. The number of carbonyl (C=O) groups excluding carboxylic acids is 1. The molecule has 3 rings (SSSR count). The van der Waals surface area contributed by atoms with E-state index in [0.29, 0.717) is 17.8 Å². The van der Waals surface area contributed by atoms with Crippen LogP contribution in [-0.4, -0.2) is 51.7 Å². The van der Waals surface area contributed by atoms with Gasteiger partial charge in [0.1, 0.15) is 0 Å². The minimum Gasteiger partial charge on any atom is -0.352 e. The van der Waals surface area contributed by atoms with E-state index in [-0.39, 0.29) is 12.5 Å². The van der Waals surface area contributed by atoms with Gasteiger partial charge in [0.05, 0.1) is 18.5 Å². The molecule has 0 aromatic heterocycles. The van der Waals surface area contributed by atoms with Crippen LogP contribution in [0.4, 0.5) is 5.69 Å². The van der Waals surface area contributed by atoms with Crippen LogP contribution in [0.2, 0.25) is 0 Å². The minimum atomic E-state index is -3.45. The Morgan fingerprint density at radius 1 is 1.00 bits per heavy atom. The Balaban J connectivity index is 1.57. The third-order valence-electron chi connectivity index (χ3n) is 6.11. The molecule has 1 aliphatic rings. The van der Waals surface area contributed by atoms with E-state index in [0.717, 1.165) is 29.7 Å². The SMILES string of the molecule is Cc1ccc(N(Cc2ccc(C(=O)NCCCN3CCCCC3)cc2)S(C)(=O)=O)cc1C. The second-order valence-electron chi connectivity index (χ2n) is 8.75. The minimum absolute atomic E-state index is 0.0932. The van der Waals surface area contributed by atoms with Crippen molar-refractivity contribution in [1.82, 2.24) is 10.2 Å². The number of aryl methyl sites for hydroxylation is 2. The Bertz CT molecular complexity index is 1010. The Labute approximate surface area is 192 Å². The van der Waals surface area contributed by atoms with Crippen molar-refractivity contribution in [3.63, 3.8) is 0 Å². The number of benzene rings is 2. The summed E-state index contributed by atoms with van der Waals surface area (Å²) < 4.78 is 26.3. The fourth-order valence-corrected chi connectivity index (χ4v) is 4.88. The smallest absolute Gasteiger partial charge is 0.251 e. The van der Waals surface area contributed by atoms with Crippen LogP contribution < -0.4 is 9.62 Å². The van der Waals surface area contributed by atoms with Crippen LogP contribution in [0.15, 0.2) is 42.5 Å². The van der Waals surface area contributed by atoms with Gasteiger partial charge in [-0.1, -0.05) is 24.6 Å². The molecule has 0 aliphatic carbocycles. The lowest BCUT2D eigenvalue weighted by atomic mass is 10.1. The molecule has 1 fully saturated rings. The highest BCUT2D eigenvalue weighted by Crippen LogP contribution is 2.23. The predicted octanol–water partition coefficient (Wildman–Crippen LogP) is 3.88. The Morgan fingerprint density at radius 3 is 2.31 bits per heavy atom. The highest BCUT2D eigenvalue weighted by atomic mass is 32.2. The molecule has 0 atom stereocenters. The number of carbonyl (C=O) groups is 1. The number of hydrogen-bond acceptors (Lipinski definition) is 4. The number of amides is 1. The van der Waals surface area contributed by atoms with E-state index >= 15 is 0 Å². The van der Waals surface area contributed by atoms with E-state index in [1.807, 2.05) is 44.2 Å². The van der Waals surface area contributed by atoms with Gasteiger partial charge in [0.15, 0.2) is 0 Å². The summed E-state index contributed by atoms with van der Waals surface area (Å²) in [5.74, 6) is -0.0932. The van der Waals surface area contributed by atoms with Crippen LogP contribution >= 0.6 is 0 Å². The van der Waals surface area contributed by atoms with Gasteiger partial charge < -0.3 is 10.2 Å². The first-order chi connectivity index (χ1) is 15.2. The third kappa shape index (κ3) is 6.81. The van der Waals surface area contributed by atoms with E-state index in [1.165, 1.54) is 42.9 Å². The number of hydrogen-bond donors (Lipinski definition) is 1.